The SMILES string of the molecule is COc1cccc(C(C)NCC2CCOC2)c1. The summed E-state index contributed by atoms with van der Waals surface area (Å²) in [5, 5.41) is 3.56. The number of rotatable bonds is 5. The quantitative estimate of drug-likeness (QED) is 0.850. The minimum atomic E-state index is 0.352. The van der Waals surface area contributed by atoms with Crippen molar-refractivity contribution in [2.24, 2.45) is 5.92 Å². The van der Waals surface area contributed by atoms with Crippen molar-refractivity contribution in [3.8, 4) is 5.75 Å². The molecular weight excluding hydrogens is 214 g/mol. The third-order valence-electron chi connectivity index (χ3n) is 3.33. The maximum atomic E-state index is 5.37. The fourth-order valence-electron chi connectivity index (χ4n) is 2.12. The van der Waals surface area contributed by atoms with Crippen molar-refractivity contribution < 1.29 is 9.47 Å². The Morgan fingerprint density at radius 1 is 1.53 bits per heavy atom. The van der Waals surface area contributed by atoms with Gasteiger partial charge in [0.15, 0.2) is 0 Å². The molecule has 1 heterocycles. The molecule has 1 fully saturated rings. The lowest BCUT2D eigenvalue weighted by Crippen LogP contribution is -2.25. The van der Waals surface area contributed by atoms with Crippen LogP contribution in [0.4, 0.5) is 0 Å². The van der Waals surface area contributed by atoms with Gasteiger partial charge in [0, 0.05) is 19.2 Å². The molecule has 0 bridgehead atoms. The fourth-order valence-corrected chi connectivity index (χ4v) is 2.12. The summed E-state index contributed by atoms with van der Waals surface area (Å²) in [5.74, 6) is 1.59. The van der Waals surface area contributed by atoms with Crippen LogP contribution in [0.2, 0.25) is 0 Å². The molecule has 1 aliphatic heterocycles. The number of hydrogen-bond acceptors (Lipinski definition) is 3. The first-order valence-electron chi connectivity index (χ1n) is 6.24. The minimum absolute atomic E-state index is 0.352. The normalized spacial score (nSPS) is 21.4. The maximum Gasteiger partial charge on any atom is 0.119 e. The molecule has 1 saturated heterocycles. The first kappa shape index (κ1) is 12.4. The molecule has 94 valence electrons. The Morgan fingerprint density at radius 2 is 2.41 bits per heavy atom. The summed E-state index contributed by atoms with van der Waals surface area (Å²) in [6.45, 7) is 5.03. The molecule has 2 atom stereocenters. The van der Waals surface area contributed by atoms with Crippen molar-refractivity contribution in [2.45, 2.75) is 19.4 Å². The second kappa shape index (κ2) is 6.03. The molecule has 2 rings (SSSR count). The van der Waals surface area contributed by atoms with E-state index in [0.717, 1.165) is 25.5 Å². The van der Waals surface area contributed by atoms with E-state index in [1.807, 2.05) is 12.1 Å². The molecule has 1 aliphatic rings. The van der Waals surface area contributed by atoms with Crippen LogP contribution in [0.1, 0.15) is 24.9 Å². The van der Waals surface area contributed by atoms with Gasteiger partial charge >= 0.3 is 0 Å². The summed E-state index contributed by atoms with van der Waals surface area (Å²) in [7, 11) is 1.70. The van der Waals surface area contributed by atoms with Crippen LogP contribution in [0.5, 0.6) is 5.75 Å². The van der Waals surface area contributed by atoms with Gasteiger partial charge in [-0.15, -0.1) is 0 Å². The average Bonchev–Trinajstić information content (AvgIpc) is 2.89. The van der Waals surface area contributed by atoms with E-state index in [9.17, 15) is 0 Å². The molecule has 0 aromatic heterocycles. The molecule has 0 saturated carbocycles. The van der Waals surface area contributed by atoms with Crippen LogP contribution in [-0.2, 0) is 4.74 Å². The van der Waals surface area contributed by atoms with Gasteiger partial charge in [0.1, 0.15) is 5.75 Å². The third kappa shape index (κ3) is 3.45. The first-order valence-corrected chi connectivity index (χ1v) is 6.24. The van der Waals surface area contributed by atoms with E-state index >= 15 is 0 Å². The Labute approximate surface area is 103 Å². The molecule has 1 aromatic carbocycles. The Bertz CT molecular complexity index is 348. The van der Waals surface area contributed by atoms with Crippen molar-refractivity contribution in [1.82, 2.24) is 5.32 Å². The zero-order valence-corrected chi connectivity index (χ0v) is 10.6. The van der Waals surface area contributed by atoms with Crippen LogP contribution >= 0.6 is 0 Å². The molecular formula is C14H21NO2. The second-order valence-corrected chi connectivity index (χ2v) is 4.64. The summed E-state index contributed by atoms with van der Waals surface area (Å²) in [6.07, 6.45) is 1.18. The van der Waals surface area contributed by atoms with Crippen LogP contribution in [0.3, 0.4) is 0 Å². The van der Waals surface area contributed by atoms with E-state index in [4.69, 9.17) is 9.47 Å². The molecule has 0 spiro atoms. The monoisotopic (exact) mass is 235 g/mol. The molecule has 2 unspecified atom stereocenters. The van der Waals surface area contributed by atoms with Gasteiger partial charge in [-0.3, -0.25) is 0 Å². The highest BCUT2D eigenvalue weighted by atomic mass is 16.5. The number of nitrogens with one attached hydrogen (secondary N) is 1. The van der Waals surface area contributed by atoms with Crippen molar-refractivity contribution in [2.75, 3.05) is 26.9 Å². The summed E-state index contributed by atoms with van der Waals surface area (Å²) < 4.78 is 10.6. The lowest BCUT2D eigenvalue weighted by molar-refractivity contribution is 0.184. The highest BCUT2D eigenvalue weighted by Crippen LogP contribution is 2.19. The van der Waals surface area contributed by atoms with Gasteiger partial charge in [0.25, 0.3) is 0 Å². The Balaban J connectivity index is 1.87. The predicted molar refractivity (Wildman–Crippen MR) is 68.3 cm³/mol. The Hall–Kier alpha value is -1.06. The third-order valence-corrected chi connectivity index (χ3v) is 3.33. The molecule has 0 aliphatic carbocycles. The maximum absolute atomic E-state index is 5.37. The summed E-state index contributed by atoms with van der Waals surface area (Å²) in [5.41, 5.74) is 1.27. The highest BCUT2D eigenvalue weighted by molar-refractivity contribution is 5.30. The van der Waals surface area contributed by atoms with Crippen molar-refractivity contribution >= 4 is 0 Å². The number of benzene rings is 1. The largest absolute Gasteiger partial charge is 0.497 e. The summed E-state index contributed by atoms with van der Waals surface area (Å²) in [6, 6.07) is 8.57. The van der Waals surface area contributed by atoms with E-state index in [1.54, 1.807) is 7.11 Å². The molecule has 17 heavy (non-hydrogen) atoms. The molecule has 1 N–H and O–H groups in total. The van der Waals surface area contributed by atoms with E-state index in [1.165, 1.54) is 12.0 Å². The Kier molecular flexibility index (Phi) is 4.40. The number of ether oxygens (including phenoxy) is 2. The second-order valence-electron chi connectivity index (χ2n) is 4.64. The van der Waals surface area contributed by atoms with E-state index in [-0.39, 0.29) is 0 Å². The van der Waals surface area contributed by atoms with Gasteiger partial charge in [-0.2, -0.15) is 0 Å². The van der Waals surface area contributed by atoms with Gasteiger partial charge in [0.05, 0.1) is 13.7 Å². The van der Waals surface area contributed by atoms with Crippen LogP contribution in [0, 0.1) is 5.92 Å². The smallest absolute Gasteiger partial charge is 0.119 e. The predicted octanol–water partition coefficient (Wildman–Crippen LogP) is 2.38. The topological polar surface area (TPSA) is 30.5 Å². The van der Waals surface area contributed by atoms with Crippen molar-refractivity contribution in [3.05, 3.63) is 29.8 Å². The van der Waals surface area contributed by atoms with Crippen LogP contribution < -0.4 is 10.1 Å². The van der Waals surface area contributed by atoms with E-state index in [2.05, 4.69) is 24.4 Å². The van der Waals surface area contributed by atoms with Crippen LogP contribution in [-0.4, -0.2) is 26.9 Å². The van der Waals surface area contributed by atoms with Gasteiger partial charge < -0.3 is 14.8 Å². The van der Waals surface area contributed by atoms with Crippen molar-refractivity contribution in [1.29, 1.82) is 0 Å². The van der Waals surface area contributed by atoms with Crippen LogP contribution in [0.15, 0.2) is 24.3 Å². The van der Waals surface area contributed by atoms with Crippen molar-refractivity contribution in [3.63, 3.8) is 0 Å². The average molecular weight is 235 g/mol. The molecule has 3 heteroatoms. The summed E-state index contributed by atoms with van der Waals surface area (Å²) in [4.78, 5) is 0. The highest BCUT2D eigenvalue weighted by Gasteiger charge is 2.16. The summed E-state index contributed by atoms with van der Waals surface area (Å²) >= 11 is 0. The van der Waals surface area contributed by atoms with Gasteiger partial charge in [-0.25, -0.2) is 0 Å². The standard InChI is InChI=1S/C14H21NO2/c1-11(15-9-12-6-7-17-10-12)13-4-3-5-14(8-13)16-2/h3-5,8,11-12,15H,6-7,9-10H2,1-2H3. The lowest BCUT2D eigenvalue weighted by atomic mass is 10.1. The molecule has 0 amide bonds. The van der Waals surface area contributed by atoms with Gasteiger partial charge in [0.2, 0.25) is 0 Å². The number of hydrogen-bond donors (Lipinski definition) is 1. The molecule has 0 radical (unpaired) electrons. The van der Waals surface area contributed by atoms with Crippen LogP contribution in [0.25, 0.3) is 0 Å². The number of methoxy groups -OCH3 is 1. The van der Waals surface area contributed by atoms with Gasteiger partial charge in [-0.05, 0) is 37.0 Å². The van der Waals surface area contributed by atoms with E-state index < -0.39 is 0 Å². The lowest BCUT2D eigenvalue weighted by Gasteiger charge is -2.17. The Morgan fingerprint density at radius 3 is 3.12 bits per heavy atom. The van der Waals surface area contributed by atoms with E-state index in [0.29, 0.717) is 12.0 Å². The first-order chi connectivity index (χ1) is 8.29. The molecule has 1 aromatic rings. The van der Waals surface area contributed by atoms with Gasteiger partial charge in [-0.1, -0.05) is 12.1 Å². The fraction of sp³-hybridized carbons (Fsp3) is 0.571. The minimum Gasteiger partial charge on any atom is -0.497 e. The zero-order chi connectivity index (χ0) is 12.1. The zero-order valence-electron chi connectivity index (χ0n) is 10.6. The molecule has 3 nitrogen and oxygen atoms in total.